The molecule has 1 aliphatic rings. The van der Waals surface area contributed by atoms with Crippen molar-refractivity contribution in [1.29, 1.82) is 0 Å². The normalized spacial score (nSPS) is 22.2. The van der Waals surface area contributed by atoms with Crippen molar-refractivity contribution in [3.8, 4) is 0 Å². The van der Waals surface area contributed by atoms with Gasteiger partial charge in [0.15, 0.2) is 0 Å². The summed E-state index contributed by atoms with van der Waals surface area (Å²) in [6.45, 7) is 9.54. The topological polar surface area (TPSA) is 3.24 Å². The summed E-state index contributed by atoms with van der Waals surface area (Å²) in [4.78, 5) is 2.61. The van der Waals surface area contributed by atoms with Crippen molar-refractivity contribution in [1.82, 2.24) is 4.90 Å². The van der Waals surface area contributed by atoms with Crippen LogP contribution in [0.25, 0.3) is 0 Å². The molecule has 0 aliphatic carbocycles. The molecule has 0 saturated carbocycles. The molecule has 0 atom stereocenters. The molecule has 1 heterocycles. The van der Waals surface area contributed by atoms with Crippen LogP contribution in [0, 0.1) is 5.92 Å². The zero-order valence-electron chi connectivity index (χ0n) is 9.15. The molecule has 1 saturated heterocycles. The van der Waals surface area contributed by atoms with E-state index in [-0.39, 0.29) is 0 Å². The summed E-state index contributed by atoms with van der Waals surface area (Å²) >= 11 is 3.53. The van der Waals surface area contributed by atoms with Gasteiger partial charge in [0.25, 0.3) is 0 Å². The summed E-state index contributed by atoms with van der Waals surface area (Å²) in [6, 6.07) is 0. The van der Waals surface area contributed by atoms with E-state index in [0.29, 0.717) is 5.54 Å². The lowest BCUT2D eigenvalue weighted by molar-refractivity contribution is 0.0870. The van der Waals surface area contributed by atoms with Gasteiger partial charge in [-0.2, -0.15) is 0 Å². The number of piperidine rings is 1. The molecular weight excluding hydrogens is 226 g/mol. The van der Waals surface area contributed by atoms with Crippen LogP contribution in [0.2, 0.25) is 0 Å². The predicted molar refractivity (Wildman–Crippen MR) is 62.5 cm³/mol. The summed E-state index contributed by atoms with van der Waals surface area (Å²) in [5, 5.41) is 1.17. The van der Waals surface area contributed by atoms with Gasteiger partial charge in [-0.3, -0.25) is 4.90 Å². The van der Waals surface area contributed by atoms with Crippen molar-refractivity contribution in [2.24, 2.45) is 5.92 Å². The molecule has 0 radical (unpaired) electrons. The maximum atomic E-state index is 3.53. The molecule has 0 aromatic rings. The molecular formula is C11H22BrN. The molecule has 0 spiro atoms. The van der Waals surface area contributed by atoms with Crippen molar-refractivity contribution < 1.29 is 0 Å². The Bertz CT molecular complexity index is 143. The molecule has 78 valence electrons. The molecule has 0 amide bonds. The Morgan fingerprint density at radius 3 is 2.15 bits per heavy atom. The second-order valence-corrected chi connectivity index (χ2v) is 5.87. The molecule has 0 aromatic carbocycles. The summed E-state index contributed by atoms with van der Waals surface area (Å²) in [5.74, 6) is 0.970. The lowest BCUT2D eigenvalue weighted by atomic mass is 9.91. The Labute approximate surface area is 91.0 Å². The van der Waals surface area contributed by atoms with Crippen LogP contribution >= 0.6 is 15.9 Å². The SMILES string of the molecule is CC(C)(C)N1CCC(CCBr)CC1. The van der Waals surface area contributed by atoms with Gasteiger partial charge in [-0.1, -0.05) is 15.9 Å². The maximum Gasteiger partial charge on any atom is 0.0125 e. The molecule has 1 fully saturated rings. The first-order valence-electron chi connectivity index (χ1n) is 5.35. The average molecular weight is 248 g/mol. The zero-order chi connectivity index (χ0) is 9.90. The van der Waals surface area contributed by atoms with Gasteiger partial charge >= 0.3 is 0 Å². The van der Waals surface area contributed by atoms with Gasteiger partial charge in [0.05, 0.1) is 0 Å². The standard InChI is InChI=1S/C11H22BrN/c1-11(2,3)13-8-5-10(4-7-12)6-9-13/h10H,4-9H2,1-3H3. The van der Waals surface area contributed by atoms with E-state index in [4.69, 9.17) is 0 Å². The van der Waals surface area contributed by atoms with E-state index in [1.165, 1.54) is 37.7 Å². The number of likely N-dealkylation sites (tertiary alicyclic amines) is 1. The minimum Gasteiger partial charge on any atom is -0.298 e. The fraction of sp³-hybridized carbons (Fsp3) is 1.00. The summed E-state index contributed by atoms with van der Waals surface area (Å²) < 4.78 is 0. The smallest absolute Gasteiger partial charge is 0.0125 e. The molecule has 0 N–H and O–H groups in total. The van der Waals surface area contributed by atoms with Gasteiger partial charge in [0.1, 0.15) is 0 Å². The van der Waals surface area contributed by atoms with Crippen LogP contribution in [0.5, 0.6) is 0 Å². The van der Waals surface area contributed by atoms with Crippen molar-refractivity contribution in [3.05, 3.63) is 0 Å². The van der Waals surface area contributed by atoms with Crippen molar-refractivity contribution in [3.63, 3.8) is 0 Å². The number of rotatable bonds is 2. The van der Waals surface area contributed by atoms with Gasteiger partial charge in [-0.25, -0.2) is 0 Å². The Balaban J connectivity index is 2.30. The lowest BCUT2D eigenvalue weighted by Crippen LogP contribution is -2.46. The minimum absolute atomic E-state index is 0.374. The molecule has 1 nitrogen and oxygen atoms in total. The fourth-order valence-corrected chi connectivity index (χ4v) is 2.69. The van der Waals surface area contributed by atoms with E-state index in [9.17, 15) is 0 Å². The Hall–Kier alpha value is 0.440. The summed E-state index contributed by atoms with van der Waals surface area (Å²) in [6.07, 6.45) is 4.14. The number of hydrogen-bond donors (Lipinski definition) is 0. The van der Waals surface area contributed by atoms with Crippen LogP contribution in [0.1, 0.15) is 40.0 Å². The first-order valence-corrected chi connectivity index (χ1v) is 6.47. The molecule has 0 aromatic heterocycles. The van der Waals surface area contributed by atoms with E-state index in [0.717, 1.165) is 5.92 Å². The molecule has 1 aliphatic heterocycles. The highest BCUT2D eigenvalue weighted by atomic mass is 79.9. The van der Waals surface area contributed by atoms with Crippen molar-refractivity contribution in [2.75, 3.05) is 18.4 Å². The maximum absolute atomic E-state index is 3.53. The number of nitrogens with zero attached hydrogens (tertiary/aromatic N) is 1. The van der Waals surface area contributed by atoms with E-state index in [1.807, 2.05) is 0 Å². The number of halogens is 1. The van der Waals surface area contributed by atoms with Crippen molar-refractivity contribution in [2.45, 2.75) is 45.6 Å². The molecule has 1 rings (SSSR count). The van der Waals surface area contributed by atoms with Crippen LogP contribution in [0.3, 0.4) is 0 Å². The van der Waals surface area contributed by atoms with Crippen LogP contribution in [-0.4, -0.2) is 28.9 Å². The third-order valence-electron chi connectivity index (χ3n) is 3.08. The van der Waals surface area contributed by atoms with Crippen LogP contribution in [-0.2, 0) is 0 Å². The van der Waals surface area contributed by atoms with Crippen LogP contribution < -0.4 is 0 Å². The second kappa shape index (κ2) is 4.79. The Morgan fingerprint density at radius 2 is 1.77 bits per heavy atom. The quantitative estimate of drug-likeness (QED) is 0.678. The van der Waals surface area contributed by atoms with E-state index in [1.54, 1.807) is 0 Å². The Kier molecular flexibility index (Phi) is 4.24. The highest BCUT2D eigenvalue weighted by molar-refractivity contribution is 9.09. The third kappa shape index (κ3) is 3.59. The average Bonchev–Trinajstić information content (AvgIpc) is 2.04. The highest BCUT2D eigenvalue weighted by Gasteiger charge is 2.26. The largest absolute Gasteiger partial charge is 0.298 e. The highest BCUT2D eigenvalue weighted by Crippen LogP contribution is 2.25. The van der Waals surface area contributed by atoms with E-state index in [2.05, 4.69) is 41.6 Å². The molecule has 0 unspecified atom stereocenters. The van der Waals surface area contributed by atoms with Crippen LogP contribution in [0.15, 0.2) is 0 Å². The van der Waals surface area contributed by atoms with Gasteiger partial charge in [0.2, 0.25) is 0 Å². The fourth-order valence-electron chi connectivity index (χ4n) is 2.05. The minimum atomic E-state index is 0.374. The molecule has 0 bridgehead atoms. The summed E-state index contributed by atoms with van der Waals surface area (Å²) in [5.41, 5.74) is 0.374. The summed E-state index contributed by atoms with van der Waals surface area (Å²) in [7, 11) is 0. The van der Waals surface area contributed by atoms with Crippen LogP contribution in [0.4, 0.5) is 0 Å². The van der Waals surface area contributed by atoms with Gasteiger partial charge < -0.3 is 0 Å². The Morgan fingerprint density at radius 1 is 1.23 bits per heavy atom. The van der Waals surface area contributed by atoms with Gasteiger partial charge in [-0.15, -0.1) is 0 Å². The first kappa shape index (κ1) is 11.5. The van der Waals surface area contributed by atoms with Crippen molar-refractivity contribution >= 4 is 15.9 Å². The van der Waals surface area contributed by atoms with E-state index >= 15 is 0 Å². The molecule has 13 heavy (non-hydrogen) atoms. The monoisotopic (exact) mass is 247 g/mol. The predicted octanol–water partition coefficient (Wildman–Crippen LogP) is 3.28. The first-order chi connectivity index (χ1) is 6.04. The van der Waals surface area contributed by atoms with E-state index < -0.39 is 0 Å². The zero-order valence-corrected chi connectivity index (χ0v) is 10.7. The third-order valence-corrected chi connectivity index (χ3v) is 3.54. The lowest BCUT2D eigenvalue weighted by Gasteiger charge is -2.40. The number of hydrogen-bond acceptors (Lipinski definition) is 1. The van der Waals surface area contributed by atoms with Gasteiger partial charge in [-0.05, 0) is 59.0 Å². The second-order valence-electron chi connectivity index (χ2n) is 5.08. The van der Waals surface area contributed by atoms with Gasteiger partial charge in [0, 0.05) is 10.9 Å². The number of alkyl halides is 1. The molecule has 2 heteroatoms.